The summed E-state index contributed by atoms with van der Waals surface area (Å²) in [5.74, 6) is 0. The molecule has 4 nitrogen and oxygen atoms in total. The molecule has 2 aromatic heterocycles. The molecule has 4 rings (SSSR count). The lowest BCUT2D eigenvalue weighted by Gasteiger charge is -2.10. The van der Waals surface area contributed by atoms with E-state index in [0.29, 0.717) is 5.56 Å². The van der Waals surface area contributed by atoms with Crippen LogP contribution in [-0.2, 0) is 7.05 Å². The number of rotatable bonds is 2. The van der Waals surface area contributed by atoms with Crippen molar-refractivity contribution in [3.05, 3.63) is 83.8 Å². The van der Waals surface area contributed by atoms with E-state index in [2.05, 4.69) is 59.5 Å². The van der Waals surface area contributed by atoms with Crippen LogP contribution in [0.25, 0.3) is 22.3 Å². The molecule has 0 unspecified atom stereocenters. The molecule has 0 aliphatic rings. The van der Waals surface area contributed by atoms with Crippen LogP contribution in [0.5, 0.6) is 0 Å². The van der Waals surface area contributed by atoms with E-state index in [9.17, 15) is 5.26 Å². The first-order valence-electron chi connectivity index (χ1n) is 8.59. The molecule has 0 N–H and O–H groups in total. The molecule has 0 saturated carbocycles. The monoisotopic (exact) mass is 340 g/mol. The fourth-order valence-corrected chi connectivity index (χ4v) is 3.52. The predicted octanol–water partition coefficient (Wildman–Crippen LogP) is 3.22. The molecule has 26 heavy (non-hydrogen) atoms. The van der Waals surface area contributed by atoms with Gasteiger partial charge in [-0.1, -0.05) is 12.1 Å². The molecule has 0 aliphatic carbocycles. The molecule has 0 amide bonds. The highest BCUT2D eigenvalue weighted by Crippen LogP contribution is 2.22. The average molecular weight is 340 g/mol. The second kappa shape index (κ2) is 6.12. The number of pyridine rings is 1. The standard InChI is InChI=1S/C22H20N4/c1-16-9-10-19-7-4-5-8-20(19)26(16)22-14-18(15-23)13-21(17(22)2)25-12-6-11-24(25)3/h4-14H,1-3H3/q+2. The zero-order chi connectivity index (χ0) is 18.3. The van der Waals surface area contributed by atoms with Crippen LogP contribution in [0.1, 0.15) is 16.8 Å². The molecule has 2 aromatic carbocycles. The number of hydrogen-bond acceptors (Lipinski definition) is 1. The minimum atomic E-state index is 0.647. The van der Waals surface area contributed by atoms with Crippen LogP contribution < -0.4 is 9.25 Å². The highest BCUT2D eigenvalue weighted by atomic mass is 15.4. The highest BCUT2D eigenvalue weighted by Gasteiger charge is 2.23. The molecular formula is C22H20N4+2. The highest BCUT2D eigenvalue weighted by molar-refractivity contribution is 5.76. The van der Waals surface area contributed by atoms with Crippen molar-refractivity contribution in [3.63, 3.8) is 0 Å². The summed E-state index contributed by atoms with van der Waals surface area (Å²) in [5, 5.41) is 10.8. The van der Waals surface area contributed by atoms with Gasteiger partial charge in [0.25, 0.3) is 0 Å². The number of nitrogens with zero attached hydrogens (tertiary/aromatic N) is 4. The smallest absolute Gasteiger partial charge is 0.192 e. The summed E-state index contributed by atoms with van der Waals surface area (Å²) in [6, 6.07) is 20.8. The minimum Gasteiger partial charge on any atom is -0.192 e. The zero-order valence-corrected chi connectivity index (χ0v) is 15.1. The molecule has 2 heterocycles. The van der Waals surface area contributed by atoms with Crippen molar-refractivity contribution in [2.75, 3.05) is 0 Å². The molecule has 0 spiro atoms. The number of aryl methyl sites for hydroxylation is 2. The first-order chi connectivity index (χ1) is 12.6. The second-order valence-corrected chi connectivity index (χ2v) is 6.53. The van der Waals surface area contributed by atoms with E-state index >= 15 is 0 Å². The fourth-order valence-electron chi connectivity index (χ4n) is 3.52. The minimum absolute atomic E-state index is 0.647. The van der Waals surface area contributed by atoms with Crippen molar-refractivity contribution in [2.24, 2.45) is 7.05 Å². The van der Waals surface area contributed by atoms with Crippen molar-refractivity contribution in [1.29, 1.82) is 5.26 Å². The maximum atomic E-state index is 9.60. The SMILES string of the molecule is Cc1c(-n2ccc[n+]2C)cc(C#N)cc1-[n+]1c(C)ccc2ccccc21. The third-order valence-corrected chi connectivity index (χ3v) is 4.87. The maximum Gasteiger partial charge on any atom is 0.218 e. The Morgan fingerprint density at radius 2 is 1.81 bits per heavy atom. The third kappa shape index (κ3) is 2.46. The van der Waals surface area contributed by atoms with Crippen LogP contribution in [0.2, 0.25) is 0 Å². The Labute approximate surface area is 152 Å². The van der Waals surface area contributed by atoms with Gasteiger partial charge >= 0.3 is 0 Å². The normalized spacial score (nSPS) is 10.8. The number of para-hydroxylation sites is 1. The maximum absolute atomic E-state index is 9.60. The summed E-state index contributed by atoms with van der Waals surface area (Å²) in [5.41, 5.74) is 6.07. The van der Waals surface area contributed by atoms with E-state index in [1.54, 1.807) is 0 Å². The van der Waals surface area contributed by atoms with Gasteiger partial charge in [-0.05, 0) is 25.1 Å². The molecule has 0 aliphatic heterocycles. The van der Waals surface area contributed by atoms with E-state index in [1.807, 2.05) is 48.4 Å². The summed E-state index contributed by atoms with van der Waals surface area (Å²) in [6.45, 7) is 4.21. The zero-order valence-electron chi connectivity index (χ0n) is 15.1. The molecular weight excluding hydrogens is 320 g/mol. The van der Waals surface area contributed by atoms with E-state index in [0.717, 1.165) is 28.1 Å². The van der Waals surface area contributed by atoms with Crippen molar-refractivity contribution in [3.8, 4) is 17.4 Å². The van der Waals surface area contributed by atoms with Crippen molar-refractivity contribution >= 4 is 10.9 Å². The van der Waals surface area contributed by atoms with Crippen LogP contribution in [0.15, 0.2) is 67.0 Å². The second-order valence-electron chi connectivity index (χ2n) is 6.53. The van der Waals surface area contributed by atoms with Gasteiger partial charge in [0.2, 0.25) is 11.2 Å². The molecule has 0 fully saturated rings. The van der Waals surface area contributed by atoms with Gasteiger partial charge in [-0.15, -0.1) is 9.36 Å². The Morgan fingerprint density at radius 3 is 2.54 bits per heavy atom. The van der Waals surface area contributed by atoms with Crippen LogP contribution >= 0.6 is 0 Å². The molecule has 0 atom stereocenters. The largest absolute Gasteiger partial charge is 0.218 e. The number of aromatic nitrogens is 3. The van der Waals surface area contributed by atoms with Gasteiger partial charge in [0, 0.05) is 36.6 Å². The van der Waals surface area contributed by atoms with Gasteiger partial charge in [0.15, 0.2) is 18.9 Å². The lowest BCUT2D eigenvalue weighted by molar-refractivity contribution is -0.744. The van der Waals surface area contributed by atoms with Crippen LogP contribution in [-0.4, -0.2) is 4.68 Å². The van der Waals surface area contributed by atoms with Crippen molar-refractivity contribution in [1.82, 2.24) is 4.68 Å². The van der Waals surface area contributed by atoms with Gasteiger partial charge < -0.3 is 0 Å². The summed E-state index contributed by atoms with van der Waals surface area (Å²) in [7, 11) is 1.99. The Hall–Kier alpha value is -3.45. The number of benzene rings is 2. The first kappa shape index (κ1) is 16.0. The Kier molecular flexibility index (Phi) is 3.78. The van der Waals surface area contributed by atoms with Gasteiger partial charge in [0.1, 0.15) is 5.69 Å². The number of hydrogen-bond donors (Lipinski definition) is 0. The summed E-state index contributed by atoms with van der Waals surface area (Å²) in [6.07, 6.45) is 4.00. The van der Waals surface area contributed by atoms with Gasteiger partial charge in [-0.25, -0.2) is 0 Å². The molecule has 0 saturated heterocycles. The Morgan fingerprint density at radius 1 is 1.00 bits per heavy atom. The van der Waals surface area contributed by atoms with Gasteiger partial charge in [-0.3, -0.25) is 0 Å². The van der Waals surface area contributed by atoms with E-state index in [-0.39, 0.29) is 0 Å². The Bertz CT molecular complexity index is 1180. The summed E-state index contributed by atoms with van der Waals surface area (Å²) in [4.78, 5) is 0. The predicted molar refractivity (Wildman–Crippen MR) is 100 cm³/mol. The Balaban J connectivity index is 2.10. The van der Waals surface area contributed by atoms with Crippen molar-refractivity contribution < 1.29 is 9.25 Å². The van der Waals surface area contributed by atoms with E-state index in [1.165, 1.54) is 5.39 Å². The summed E-state index contributed by atoms with van der Waals surface area (Å²) < 4.78 is 6.30. The lowest BCUT2D eigenvalue weighted by atomic mass is 10.1. The van der Waals surface area contributed by atoms with Gasteiger partial charge in [-0.2, -0.15) is 9.83 Å². The molecule has 4 aromatic rings. The fraction of sp³-hybridized carbons (Fsp3) is 0.136. The van der Waals surface area contributed by atoms with Gasteiger partial charge in [0.05, 0.1) is 23.4 Å². The first-order valence-corrected chi connectivity index (χ1v) is 8.59. The van der Waals surface area contributed by atoms with Crippen LogP contribution in [0.4, 0.5) is 0 Å². The third-order valence-electron chi connectivity index (χ3n) is 4.87. The lowest BCUT2D eigenvalue weighted by Crippen LogP contribution is -2.39. The van der Waals surface area contributed by atoms with E-state index in [4.69, 9.17) is 0 Å². The van der Waals surface area contributed by atoms with E-state index < -0.39 is 0 Å². The summed E-state index contributed by atoms with van der Waals surface area (Å²) >= 11 is 0. The van der Waals surface area contributed by atoms with Crippen LogP contribution in [0, 0.1) is 25.2 Å². The topological polar surface area (TPSA) is 36.5 Å². The molecule has 126 valence electrons. The quantitative estimate of drug-likeness (QED) is 0.516. The molecule has 4 heteroatoms. The molecule has 0 bridgehead atoms. The van der Waals surface area contributed by atoms with Crippen molar-refractivity contribution in [2.45, 2.75) is 13.8 Å². The molecule has 0 radical (unpaired) electrons. The number of nitriles is 1. The average Bonchev–Trinajstić information content (AvgIpc) is 3.08. The number of fused-ring (bicyclic) bond motifs is 1. The van der Waals surface area contributed by atoms with Crippen LogP contribution in [0.3, 0.4) is 0 Å².